The van der Waals surface area contributed by atoms with Crippen LogP contribution in [-0.2, 0) is 4.74 Å². The molecule has 114 valence electrons. The summed E-state index contributed by atoms with van der Waals surface area (Å²) in [5, 5.41) is 3.44. The Morgan fingerprint density at radius 3 is 2.42 bits per heavy atom. The van der Waals surface area contributed by atoms with E-state index in [0.717, 1.165) is 25.6 Å². The van der Waals surface area contributed by atoms with Crippen LogP contribution in [0.15, 0.2) is 0 Å². The molecule has 3 heteroatoms. The maximum atomic E-state index is 5.26. The molecule has 0 aromatic rings. The number of ether oxygens (including phenoxy) is 1. The second-order valence-corrected chi connectivity index (χ2v) is 6.77. The van der Waals surface area contributed by atoms with Gasteiger partial charge in [-0.25, -0.2) is 0 Å². The van der Waals surface area contributed by atoms with Crippen molar-refractivity contribution in [3.63, 3.8) is 0 Å². The fourth-order valence-corrected chi connectivity index (χ4v) is 3.30. The molecule has 0 aliphatic heterocycles. The van der Waals surface area contributed by atoms with E-state index >= 15 is 0 Å². The van der Waals surface area contributed by atoms with Gasteiger partial charge in [-0.15, -0.1) is 0 Å². The van der Waals surface area contributed by atoms with Crippen molar-refractivity contribution >= 4 is 0 Å². The first-order valence-corrected chi connectivity index (χ1v) is 7.90. The lowest BCUT2D eigenvalue weighted by atomic mass is 9.70. The van der Waals surface area contributed by atoms with E-state index in [1.807, 2.05) is 0 Å². The molecule has 1 rings (SSSR count). The lowest BCUT2D eigenvalue weighted by Crippen LogP contribution is -2.48. The lowest BCUT2D eigenvalue weighted by Gasteiger charge is -2.44. The average Bonchev–Trinajstić information content (AvgIpc) is 2.38. The maximum Gasteiger partial charge on any atom is 0.0589 e. The number of hydrogen-bond donors (Lipinski definition) is 1. The zero-order valence-corrected chi connectivity index (χ0v) is 13.7. The van der Waals surface area contributed by atoms with Crippen LogP contribution in [0.3, 0.4) is 0 Å². The summed E-state index contributed by atoms with van der Waals surface area (Å²) in [5.41, 5.74) is 0.471. The third-order valence-electron chi connectivity index (χ3n) is 4.74. The van der Waals surface area contributed by atoms with E-state index in [1.165, 1.54) is 32.2 Å². The Morgan fingerprint density at radius 2 is 1.95 bits per heavy atom. The van der Waals surface area contributed by atoms with E-state index in [0.29, 0.717) is 11.5 Å². The predicted octanol–water partition coefficient (Wildman–Crippen LogP) is 2.76. The Kier molecular flexibility index (Phi) is 7.33. The smallest absolute Gasteiger partial charge is 0.0589 e. The molecule has 0 aromatic carbocycles. The number of hydrogen-bond acceptors (Lipinski definition) is 3. The van der Waals surface area contributed by atoms with Gasteiger partial charge in [0.1, 0.15) is 0 Å². The van der Waals surface area contributed by atoms with Gasteiger partial charge >= 0.3 is 0 Å². The molecule has 0 unspecified atom stereocenters. The fraction of sp³-hybridized carbons (Fsp3) is 1.00. The minimum Gasteiger partial charge on any atom is -0.383 e. The first-order valence-electron chi connectivity index (χ1n) is 7.90. The summed E-state index contributed by atoms with van der Waals surface area (Å²) in [6.45, 7) is 11.2. The maximum absolute atomic E-state index is 5.26. The minimum absolute atomic E-state index is 0.471. The lowest BCUT2D eigenvalue weighted by molar-refractivity contribution is 0.0536. The number of rotatable bonds is 8. The summed E-state index contributed by atoms with van der Waals surface area (Å²) < 4.78 is 5.26. The van der Waals surface area contributed by atoms with Gasteiger partial charge < -0.3 is 10.1 Å². The Morgan fingerprint density at radius 1 is 1.32 bits per heavy atom. The van der Waals surface area contributed by atoms with Gasteiger partial charge in [-0.3, -0.25) is 4.90 Å². The Bertz CT molecular complexity index is 235. The summed E-state index contributed by atoms with van der Waals surface area (Å²) in [7, 11) is 3.89. The van der Waals surface area contributed by atoms with Crippen molar-refractivity contribution in [2.75, 3.05) is 40.4 Å². The van der Waals surface area contributed by atoms with Crippen LogP contribution in [0.2, 0.25) is 0 Å². The summed E-state index contributed by atoms with van der Waals surface area (Å²) in [6, 6.07) is 0.600. The van der Waals surface area contributed by atoms with E-state index in [-0.39, 0.29) is 0 Å². The zero-order chi connectivity index (χ0) is 14.3. The molecule has 0 atom stereocenters. The number of methoxy groups -OCH3 is 1. The molecule has 1 N–H and O–H groups in total. The van der Waals surface area contributed by atoms with Crippen LogP contribution >= 0.6 is 0 Å². The van der Waals surface area contributed by atoms with E-state index in [4.69, 9.17) is 4.74 Å². The van der Waals surface area contributed by atoms with Gasteiger partial charge in [0.25, 0.3) is 0 Å². The highest BCUT2D eigenvalue weighted by atomic mass is 16.5. The molecule has 0 amide bonds. The van der Waals surface area contributed by atoms with Crippen molar-refractivity contribution in [2.45, 2.75) is 52.5 Å². The second kappa shape index (κ2) is 8.23. The second-order valence-electron chi connectivity index (χ2n) is 6.77. The van der Waals surface area contributed by atoms with Crippen molar-refractivity contribution in [3.05, 3.63) is 0 Å². The third kappa shape index (κ3) is 5.41. The molecule has 0 aromatic heterocycles. The summed E-state index contributed by atoms with van der Waals surface area (Å²) in [6.07, 6.45) is 5.51. The van der Waals surface area contributed by atoms with Crippen LogP contribution in [0.4, 0.5) is 0 Å². The molecule has 0 spiro atoms. The van der Waals surface area contributed by atoms with Crippen LogP contribution in [0.5, 0.6) is 0 Å². The van der Waals surface area contributed by atoms with Gasteiger partial charge in [0, 0.05) is 32.8 Å². The van der Waals surface area contributed by atoms with Crippen molar-refractivity contribution in [2.24, 2.45) is 11.3 Å². The summed E-state index contributed by atoms with van der Waals surface area (Å²) in [4.78, 5) is 2.59. The summed E-state index contributed by atoms with van der Waals surface area (Å²) in [5.74, 6) is 0.913. The van der Waals surface area contributed by atoms with E-state index < -0.39 is 0 Å². The topological polar surface area (TPSA) is 24.5 Å². The SMILES string of the molecule is CNCC1(CN(CCOC)C(C)C)CCC(C)CC1. The summed E-state index contributed by atoms with van der Waals surface area (Å²) >= 11 is 0. The molecular formula is C16H34N2O. The van der Waals surface area contributed by atoms with Gasteiger partial charge in [-0.05, 0) is 45.1 Å². The average molecular weight is 270 g/mol. The monoisotopic (exact) mass is 270 g/mol. The van der Waals surface area contributed by atoms with Crippen LogP contribution in [0.25, 0.3) is 0 Å². The Hall–Kier alpha value is -0.120. The molecule has 3 nitrogen and oxygen atoms in total. The van der Waals surface area contributed by atoms with Crippen LogP contribution in [-0.4, -0.2) is 51.3 Å². The molecular weight excluding hydrogens is 236 g/mol. The van der Waals surface area contributed by atoms with E-state index in [1.54, 1.807) is 7.11 Å². The molecule has 0 bridgehead atoms. The Labute approximate surface area is 120 Å². The van der Waals surface area contributed by atoms with Crippen LogP contribution in [0.1, 0.15) is 46.5 Å². The molecule has 0 saturated heterocycles. The van der Waals surface area contributed by atoms with Crippen molar-refractivity contribution in [3.8, 4) is 0 Å². The van der Waals surface area contributed by atoms with E-state index in [9.17, 15) is 0 Å². The molecule has 1 fully saturated rings. The number of nitrogens with one attached hydrogen (secondary N) is 1. The standard InChI is InChI=1S/C16H34N2O/c1-14(2)18(10-11-19-5)13-16(12-17-4)8-6-15(3)7-9-16/h14-15,17H,6-13H2,1-5H3. The fourth-order valence-electron chi connectivity index (χ4n) is 3.30. The van der Waals surface area contributed by atoms with Gasteiger partial charge in [0.05, 0.1) is 6.61 Å². The first kappa shape index (κ1) is 16.9. The van der Waals surface area contributed by atoms with Crippen molar-refractivity contribution < 1.29 is 4.74 Å². The largest absolute Gasteiger partial charge is 0.383 e. The van der Waals surface area contributed by atoms with E-state index in [2.05, 4.69) is 38.0 Å². The van der Waals surface area contributed by atoms with Gasteiger partial charge in [0.15, 0.2) is 0 Å². The molecule has 1 saturated carbocycles. The Balaban J connectivity index is 2.63. The van der Waals surface area contributed by atoms with Gasteiger partial charge in [-0.2, -0.15) is 0 Å². The predicted molar refractivity (Wildman–Crippen MR) is 82.6 cm³/mol. The molecule has 0 heterocycles. The highest BCUT2D eigenvalue weighted by Gasteiger charge is 2.35. The van der Waals surface area contributed by atoms with Gasteiger partial charge in [-0.1, -0.05) is 19.8 Å². The highest BCUT2D eigenvalue weighted by Crippen LogP contribution is 2.39. The molecule has 1 aliphatic carbocycles. The normalized spacial score (nSPS) is 28.3. The quantitative estimate of drug-likeness (QED) is 0.734. The van der Waals surface area contributed by atoms with Crippen molar-refractivity contribution in [1.82, 2.24) is 10.2 Å². The molecule has 19 heavy (non-hydrogen) atoms. The minimum atomic E-state index is 0.471. The van der Waals surface area contributed by atoms with Crippen molar-refractivity contribution in [1.29, 1.82) is 0 Å². The molecule has 1 aliphatic rings. The van der Waals surface area contributed by atoms with Gasteiger partial charge in [0.2, 0.25) is 0 Å². The molecule has 0 radical (unpaired) electrons. The van der Waals surface area contributed by atoms with Crippen LogP contribution < -0.4 is 5.32 Å². The third-order valence-corrected chi connectivity index (χ3v) is 4.74. The highest BCUT2D eigenvalue weighted by molar-refractivity contribution is 4.89. The number of nitrogens with zero attached hydrogens (tertiary/aromatic N) is 1. The zero-order valence-electron chi connectivity index (χ0n) is 13.7. The van der Waals surface area contributed by atoms with Crippen LogP contribution in [0, 0.1) is 11.3 Å². The first-order chi connectivity index (χ1) is 9.03.